The summed E-state index contributed by atoms with van der Waals surface area (Å²) in [6.07, 6.45) is 12.6. The number of rotatable bonds is 17. The summed E-state index contributed by atoms with van der Waals surface area (Å²) in [5.41, 5.74) is 0. The molecule has 0 saturated carbocycles. The quantitative estimate of drug-likeness (QED) is 0.133. The van der Waals surface area contributed by atoms with Gasteiger partial charge in [-0.25, -0.2) is 4.79 Å². The number of thioether (sulfide) groups is 1. The molecule has 1 fully saturated rings. The number of hydrogen-bond acceptors (Lipinski definition) is 7. The van der Waals surface area contributed by atoms with E-state index in [1.807, 2.05) is 32.9 Å². The maximum atomic E-state index is 13.3. The zero-order chi connectivity index (χ0) is 26.8. The fourth-order valence-corrected chi connectivity index (χ4v) is 4.69. The Balaban J connectivity index is 2.73. The molecule has 1 saturated heterocycles. The Kier molecular flexibility index (Phi) is 17.1. The SMILES string of the molecule is CCC/C=C\C/C=C\COC(=O)C(CC)N(CC1COC(C)(C)OC1)C(=O)SCCCN(CC)CC. The number of allylic oxidation sites excluding steroid dienone is 3. The van der Waals surface area contributed by atoms with Crippen LogP contribution in [-0.2, 0) is 19.0 Å². The summed E-state index contributed by atoms with van der Waals surface area (Å²) in [7, 11) is 0. The molecule has 8 heteroatoms. The van der Waals surface area contributed by atoms with E-state index < -0.39 is 11.8 Å². The Bertz CT molecular complexity index is 669. The summed E-state index contributed by atoms with van der Waals surface area (Å²) in [5, 5.41) is -0.0835. The van der Waals surface area contributed by atoms with Crippen LogP contribution in [0, 0.1) is 5.92 Å². The molecule has 1 rings (SSSR count). The zero-order valence-electron chi connectivity index (χ0n) is 23.5. The lowest BCUT2D eigenvalue weighted by Gasteiger charge is -2.38. The average molecular weight is 527 g/mol. The maximum Gasteiger partial charge on any atom is 0.329 e. The number of hydrogen-bond donors (Lipinski definition) is 0. The summed E-state index contributed by atoms with van der Waals surface area (Å²) in [6.45, 7) is 16.7. The van der Waals surface area contributed by atoms with Gasteiger partial charge in [0.15, 0.2) is 5.79 Å². The Labute approximate surface area is 224 Å². The van der Waals surface area contributed by atoms with Gasteiger partial charge >= 0.3 is 5.97 Å². The van der Waals surface area contributed by atoms with Crippen LogP contribution in [0.1, 0.15) is 73.6 Å². The van der Waals surface area contributed by atoms with Crippen molar-refractivity contribution in [3.05, 3.63) is 24.3 Å². The van der Waals surface area contributed by atoms with Gasteiger partial charge in [0, 0.05) is 18.2 Å². The summed E-state index contributed by atoms with van der Waals surface area (Å²) in [5.74, 6) is -0.254. The predicted molar refractivity (Wildman–Crippen MR) is 149 cm³/mol. The third-order valence-corrected chi connectivity index (χ3v) is 7.15. The highest BCUT2D eigenvalue weighted by Crippen LogP contribution is 2.24. The van der Waals surface area contributed by atoms with E-state index in [2.05, 4.69) is 37.8 Å². The molecule has 1 amide bonds. The van der Waals surface area contributed by atoms with Gasteiger partial charge in [-0.1, -0.05) is 70.2 Å². The van der Waals surface area contributed by atoms with Gasteiger partial charge in [0.1, 0.15) is 12.6 Å². The Morgan fingerprint density at radius 1 is 1.06 bits per heavy atom. The molecule has 1 aliphatic heterocycles. The third-order valence-electron chi connectivity index (χ3n) is 6.18. The molecule has 0 spiro atoms. The first kappa shape index (κ1) is 32.7. The predicted octanol–water partition coefficient (Wildman–Crippen LogP) is 5.90. The van der Waals surface area contributed by atoms with Gasteiger partial charge in [-0.3, -0.25) is 4.79 Å². The summed E-state index contributed by atoms with van der Waals surface area (Å²) in [6, 6.07) is -0.624. The van der Waals surface area contributed by atoms with Gasteiger partial charge < -0.3 is 24.0 Å². The first-order chi connectivity index (χ1) is 17.3. The molecule has 0 aromatic rings. The van der Waals surface area contributed by atoms with Crippen molar-refractivity contribution in [3.8, 4) is 0 Å². The van der Waals surface area contributed by atoms with E-state index in [1.54, 1.807) is 4.90 Å². The average Bonchev–Trinajstić information content (AvgIpc) is 2.86. The van der Waals surface area contributed by atoms with E-state index in [-0.39, 0.29) is 23.7 Å². The van der Waals surface area contributed by atoms with Crippen LogP contribution in [0.5, 0.6) is 0 Å². The summed E-state index contributed by atoms with van der Waals surface area (Å²) in [4.78, 5) is 30.3. The first-order valence-electron chi connectivity index (χ1n) is 13.7. The molecule has 36 heavy (non-hydrogen) atoms. The van der Waals surface area contributed by atoms with Crippen molar-refractivity contribution in [2.24, 2.45) is 5.92 Å². The van der Waals surface area contributed by atoms with Crippen LogP contribution in [0.15, 0.2) is 24.3 Å². The molecule has 1 aliphatic rings. The largest absolute Gasteiger partial charge is 0.460 e. The van der Waals surface area contributed by atoms with E-state index >= 15 is 0 Å². The highest BCUT2D eigenvalue weighted by atomic mass is 32.2. The van der Waals surface area contributed by atoms with Crippen LogP contribution in [0.3, 0.4) is 0 Å². The lowest BCUT2D eigenvalue weighted by molar-refractivity contribution is -0.263. The van der Waals surface area contributed by atoms with Gasteiger partial charge in [-0.15, -0.1) is 0 Å². The van der Waals surface area contributed by atoms with E-state index in [4.69, 9.17) is 14.2 Å². The lowest BCUT2D eigenvalue weighted by Crippen LogP contribution is -2.50. The fourth-order valence-electron chi connectivity index (χ4n) is 3.87. The standard InChI is InChI=1S/C28H50N2O5S/c1-7-11-12-13-14-15-16-19-33-26(31)25(8-2)30(21-24-22-34-28(5,6)35-23-24)27(32)36-20-17-18-29(9-3)10-4/h12-13,15-16,24-25H,7-11,14,17-23H2,1-6H3/b13-12-,16-15-. The molecule has 0 radical (unpaired) electrons. The normalized spacial score (nSPS) is 17.2. The number of ether oxygens (including phenoxy) is 3. The van der Waals surface area contributed by atoms with Crippen molar-refractivity contribution in [2.45, 2.75) is 85.5 Å². The molecule has 0 aromatic heterocycles. The second-order valence-electron chi connectivity index (χ2n) is 9.56. The molecular formula is C28H50N2O5S. The van der Waals surface area contributed by atoms with Gasteiger partial charge in [-0.2, -0.15) is 0 Å². The molecule has 1 heterocycles. The molecule has 0 N–H and O–H groups in total. The van der Waals surface area contributed by atoms with E-state index in [9.17, 15) is 9.59 Å². The maximum absolute atomic E-state index is 13.3. The van der Waals surface area contributed by atoms with E-state index in [0.717, 1.165) is 51.1 Å². The van der Waals surface area contributed by atoms with Crippen LogP contribution < -0.4 is 0 Å². The highest BCUT2D eigenvalue weighted by Gasteiger charge is 2.35. The van der Waals surface area contributed by atoms with Crippen LogP contribution >= 0.6 is 11.8 Å². The smallest absolute Gasteiger partial charge is 0.329 e. The van der Waals surface area contributed by atoms with Crippen LogP contribution in [0.25, 0.3) is 0 Å². The van der Waals surface area contributed by atoms with Crippen molar-refractivity contribution in [2.75, 3.05) is 51.8 Å². The summed E-state index contributed by atoms with van der Waals surface area (Å²) < 4.78 is 17.2. The molecule has 0 bridgehead atoms. The van der Waals surface area contributed by atoms with E-state index in [0.29, 0.717) is 26.2 Å². The first-order valence-corrected chi connectivity index (χ1v) is 14.7. The molecule has 0 aromatic carbocycles. The van der Waals surface area contributed by atoms with Gasteiger partial charge in [-0.05, 0) is 59.2 Å². The van der Waals surface area contributed by atoms with Crippen LogP contribution in [0.2, 0.25) is 0 Å². The zero-order valence-corrected chi connectivity index (χ0v) is 24.3. The molecule has 208 valence electrons. The van der Waals surface area contributed by atoms with Crippen molar-refractivity contribution in [1.29, 1.82) is 0 Å². The van der Waals surface area contributed by atoms with Gasteiger partial charge in [0.25, 0.3) is 5.24 Å². The summed E-state index contributed by atoms with van der Waals surface area (Å²) >= 11 is 1.29. The second-order valence-corrected chi connectivity index (χ2v) is 10.6. The minimum atomic E-state index is -0.624. The van der Waals surface area contributed by atoms with Gasteiger partial charge in [0.2, 0.25) is 0 Å². The number of unbranched alkanes of at least 4 members (excludes halogenated alkanes) is 1. The Morgan fingerprint density at radius 3 is 2.33 bits per heavy atom. The molecule has 1 atom stereocenters. The third kappa shape index (κ3) is 13.3. The van der Waals surface area contributed by atoms with E-state index in [1.165, 1.54) is 11.8 Å². The van der Waals surface area contributed by atoms with Crippen molar-refractivity contribution >= 4 is 23.0 Å². The van der Waals surface area contributed by atoms with Crippen LogP contribution in [0.4, 0.5) is 4.79 Å². The number of carbonyl (C=O) groups is 2. The Morgan fingerprint density at radius 2 is 1.72 bits per heavy atom. The van der Waals surface area contributed by atoms with Gasteiger partial charge in [0.05, 0.1) is 13.2 Å². The molecule has 0 aliphatic carbocycles. The topological polar surface area (TPSA) is 68.3 Å². The monoisotopic (exact) mass is 526 g/mol. The minimum absolute atomic E-state index is 0.00917. The number of nitrogens with zero attached hydrogens (tertiary/aromatic N) is 2. The molecular weight excluding hydrogens is 476 g/mol. The molecule has 1 unspecified atom stereocenters. The highest BCUT2D eigenvalue weighted by molar-refractivity contribution is 8.13. The number of esters is 1. The van der Waals surface area contributed by atoms with Crippen molar-refractivity contribution in [3.63, 3.8) is 0 Å². The van der Waals surface area contributed by atoms with Crippen molar-refractivity contribution in [1.82, 2.24) is 9.80 Å². The number of carbonyl (C=O) groups excluding carboxylic acids is 2. The number of amides is 1. The second kappa shape index (κ2) is 18.8. The Hall–Kier alpha value is -1.35. The van der Waals surface area contributed by atoms with Crippen LogP contribution in [-0.4, -0.2) is 84.6 Å². The fraction of sp³-hybridized carbons (Fsp3) is 0.786. The molecule has 7 nitrogen and oxygen atoms in total. The lowest BCUT2D eigenvalue weighted by atomic mass is 10.1. The minimum Gasteiger partial charge on any atom is -0.460 e. The van der Waals surface area contributed by atoms with Crippen molar-refractivity contribution < 1.29 is 23.8 Å².